The number of aromatic amines is 1. The van der Waals surface area contributed by atoms with E-state index in [2.05, 4.69) is 11.2 Å². The molecule has 0 saturated heterocycles. The van der Waals surface area contributed by atoms with E-state index in [1.54, 1.807) is 11.3 Å². The number of fused-ring (bicyclic) bond motifs is 3. The van der Waals surface area contributed by atoms with Crippen LogP contribution in [0.5, 0.6) is 0 Å². The Balaban J connectivity index is 1.89. The Kier molecular flexibility index (Phi) is 3.32. The average Bonchev–Trinajstić information content (AvgIpc) is 2.97. The van der Waals surface area contributed by atoms with E-state index in [0.29, 0.717) is 4.77 Å². The average molecular weight is 339 g/mol. The predicted molar refractivity (Wildman–Crippen MR) is 93.4 cm³/mol. The molecule has 2 aromatic heterocycles. The minimum Gasteiger partial charge on any atom is -0.323 e. The normalized spacial score (nSPS) is 19.7. The molecular weight excluding hydrogens is 320 g/mol. The van der Waals surface area contributed by atoms with Gasteiger partial charge in [-0.25, -0.2) is 0 Å². The lowest BCUT2D eigenvalue weighted by Gasteiger charge is -2.40. The number of nitrogens with zero attached hydrogens (tertiary/aromatic N) is 1. The number of rotatable bonds is 3. The summed E-state index contributed by atoms with van der Waals surface area (Å²) >= 11 is 9.08. The van der Waals surface area contributed by atoms with E-state index in [1.165, 1.54) is 36.1 Å². The van der Waals surface area contributed by atoms with Crippen molar-refractivity contribution >= 4 is 45.5 Å². The lowest BCUT2D eigenvalue weighted by atomic mass is 9.84. The number of thiophene rings is 1. The third-order valence-corrected chi connectivity index (χ3v) is 7.92. The number of hydrogen-bond acceptors (Lipinski definition) is 4. The largest absolute Gasteiger partial charge is 0.323 e. The molecule has 0 radical (unpaired) electrons. The molecule has 21 heavy (non-hydrogen) atoms. The third-order valence-electron chi connectivity index (χ3n) is 4.99. The molecule has 1 N–H and O–H groups in total. The highest BCUT2D eigenvalue weighted by molar-refractivity contribution is 8.00. The van der Waals surface area contributed by atoms with Crippen molar-refractivity contribution < 1.29 is 0 Å². The molecule has 0 bridgehead atoms. The summed E-state index contributed by atoms with van der Waals surface area (Å²) in [6.07, 6.45) is 9.14. The number of H-pyrrole nitrogens is 1. The van der Waals surface area contributed by atoms with E-state index in [9.17, 15) is 4.79 Å². The van der Waals surface area contributed by atoms with Gasteiger partial charge in [-0.3, -0.25) is 9.36 Å². The smallest absolute Gasteiger partial charge is 0.263 e. The van der Waals surface area contributed by atoms with Crippen molar-refractivity contribution in [1.29, 1.82) is 0 Å². The number of aromatic nitrogens is 2. The van der Waals surface area contributed by atoms with Gasteiger partial charge in [0.15, 0.2) is 4.77 Å². The van der Waals surface area contributed by atoms with Crippen molar-refractivity contribution in [2.75, 3.05) is 6.26 Å². The zero-order chi connectivity index (χ0) is 14.6. The second-order valence-electron chi connectivity index (χ2n) is 6.12. The summed E-state index contributed by atoms with van der Waals surface area (Å²) in [6.45, 7) is 0.753. The maximum atomic E-state index is 13.0. The summed E-state index contributed by atoms with van der Waals surface area (Å²) in [5.41, 5.74) is 1.42. The van der Waals surface area contributed by atoms with Gasteiger partial charge < -0.3 is 4.98 Å². The summed E-state index contributed by atoms with van der Waals surface area (Å²) in [7, 11) is 0. The first-order valence-corrected chi connectivity index (χ1v) is 9.91. The van der Waals surface area contributed by atoms with Crippen molar-refractivity contribution in [2.45, 2.75) is 49.8 Å². The molecule has 2 aromatic rings. The molecule has 1 saturated carbocycles. The fraction of sp³-hybridized carbons (Fsp3) is 0.600. The van der Waals surface area contributed by atoms with Gasteiger partial charge in [-0.2, -0.15) is 11.8 Å². The van der Waals surface area contributed by atoms with Gasteiger partial charge in [-0.1, -0.05) is 6.42 Å². The fourth-order valence-electron chi connectivity index (χ4n) is 3.54. The Morgan fingerprint density at radius 2 is 2.19 bits per heavy atom. The summed E-state index contributed by atoms with van der Waals surface area (Å²) in [6, 6.07) is 0. The van der Waals surface area contributed by atoms with Crippen LogP contribution in [0.4, 0.5) is 0 Å². The first kappa shape index (κ1) is 14.0. The monoisotopic (exact) mass is 338 g/mol. The van der Waals surface area contributed by atoms with Crippen LogP contribution in [-0.2, 0) is 19.4 Å². The zero-order valence-electron chi connectivity index (χ0n) is 12.0. The third kappa shape index (κ3) is 2.06. The number of thioether (sulfide) groups is 1. The van der Waals surface area contributed by atoms with Crippen LogP contribution >= 0.6 is 35.3 Å². The number of nitrogens with one attached hydrogen (secondary N) is 1. The van der Waals surface area contributed by atoms with Crippen LogP contribution in [0.15, 0.2) is 4.79 Å². The number of hydrogen-bond donors (Lipinski definition) is 1. The lowest BCUT2D eigenvalue weighted by molar-refractivity contribution is 0.316. The van der Waals surface area contributed by atoms with E-state index in [4.69, 9.17) is 12.2 Å². The van der Waals surface area contributed by atoms with Crippen molar-refractivity contribution in [2.24, 2.45) is 0 Å². The highest BCUT2D eigenvalue weighted by Gasteiger charge is 2.37. The maximum absolute atomic E-state index is 13.0. The molecule has 0 aliphatic heterocycles. The lowest BCUT2D eigenvalue weighted by Crippen LogP contribution is -2.41. The van der Waals surface area contributed by atoms with E-state index >= 15 is 0 Å². The zero-order valence-corrected chi connectivity index (χ0v) is 14.5. The molecule has 3 nitrogen and oxygen atoms in total. The summed E-state index contributed by atoms with van der Waals surface area (Å²) in [4.78, 5) is 18.7. The molecule has 2 heterocycles. The van der Waals surface area contributed by atoms with E-state index < -0.39 is 0 Å². The van der Waals surface area contributed by atoms with Gasteiger partial charge >= 0.3 is 0 Å². The Morgan fingerprint density at radius 1 is 1.38 bits per heavy atom. The van der Waals surface area contributed by atoms with Crippen LogP contribution in [0, 0.1) is 4.77 Å². The van der Waals surface area contributed by atoms with Gasteiger partial charge in [-0.05, 0) is 56.1 Å². The predicted octanol–water partition coefficient (Wildman–Crippen LogP) is 3.89. The number of aryl methyl sites for hydroxylation is 2. The molecule has 4 rings (SSSR count). The van der Waals surface area contributed by atoms with Gasteiger partial charge in [0, 0.05) is 16.2 Å². The van der Waals surface area contributed by atoms with Gasteiger partial charge in [-0.15, -0.1) is 11.3 Å². The maximum Gasteiger partial charge on any atom is 0.263 e. The first-order chi connectivity index (χ1) is 10.1. The summed E-state index contributed by atoms with van der Waals surface area (Å²) in [5, 5.41) is 0.914. The minimum atomic E-state index is 0.133. The second-order valence-corrected chi connectivity index (χ2v) is 8.89. The molecule has 0 atom stereocenters. The summed E-state index contributed by atoms with van der Waals surface area (Å²) in [5.74, 6) is 0. The molecular formula is C15H18N2OS3. The topological polar surface area (TPSA) is 37.8 Å². The molecule has 0 aromatic carbocycles. The van der Waals surface area contributed by atoms with Crippen LogP contribution in [0.2, 0.25) is 0 Å². The van der Waals surface area contributed by atoms with Gasteiger partial charge in [0.25, 0.3) is 5.56 Å². The molecule has 2 aliphatic rings. The SMILES string of the molecule is CSC1(Cn2c(=S)[nH]c3sc4c(c3c2=O)CCC4)CCC1. The molecule has 0 unspecified atom stereocenters. The van der Waals surface area contributed by atoms with E-state index in [0.717, 1.165) is 29.6 Å². The van der Waals surface area contributed by atoms with E-state index in [1.807, 2.05) is 16.3 Å². The Morgan fingerprint density at radius 3 is 2.86 bits per heavy atom. The first-order valence-electron chi connectivity index (χ1n) is 7.46. The summed E-state index contributed by atoms with van der Waals surface area (Å²) < 4.78 is 2.63. The van der Waals surface area contributed by atoms with Crippen molar-refractivity contribution in [3.05, 3.63) is 25.6 Å². The van der Waals surface area contributed by atoms with Crippen LogP contribution in [0.3, 0.4) is 0 Å². The molecule has 0 spiro atoms. The minimum absolute atomic E-state index is 0.133. The van der Waals surface area contributed by atoms with Crippen molar-refractivity contribution in [1.82, 2.24) is 9.55 Å². The molecule has 0 amide bonds. The van der Waals surface area contributed by atoms with Gasteiger partial charge in [0.2, 0.25) is 0 Å². The van der Waals surface area contributed by atoms with Crippen LogP contribution in [0.1, 0.15) is 36.1 Å². The van der Waals surface area contributed by atoms with Crippen LogP contribution in [0.25, 0.3) is 10.2 Å². The van der Waals surface area contributed by atoms with Gasteiger partial charge in [0.05, 0.1) is 5.39 Å². The quantitative estimate of drug-likeness (QED) is 0.863. The Bertz CT molecular complexity index is 820. The Hall–Kier alpha value is -0.590. The van der Waals surface area contributed by atoms with Crippen molar-refractivity contribution in [3.63, 3.8) is 0 Å². The fourth-order valence-corrected chi connectivity index (χ4v) is 6.09. The standard InChI is InChI=1S/C15H18N2OS3/c1-20-15(6-3-7-15)8-17-13(18)11-9-4-2-5-10(9)21-12(11)16-14(17)19/h2-8H2,1H3,(H,16,19). The van der Waals surface area contributed by atoms with Gasteiger partial charge in [0.1, 0.15) is 4.83 Å². The van der Waals surface area contributed by atoms with Crippen LogP contribution in [-0.4, -0.2) is 20.6 Å². The molecule has 1 fully saturated rings. The van der Waals surface area contributed by atoms with Crippen LogP contribution < -0.4 is 5.56 Å². The van der Waals surface area contributed by atoms with E-state index in [-0.39, 0.29) is 10.3 Å². The van der Waals surface area contributed by atoms with Crippen molar-refractivity contribution in [3.8, 4) is 0 Å². The second kappa shape index (κ2) is 4.96. The molecule has 2 aliphatic carbocycles. The molecule has 6 heteroatoms. The molecule has 112 valence electrons. The highest BCUT2D eigenvalue weighted by Crippen LogP contribution is 2.44. The highest BCUT2D eigenvalue weighted by atomic mass is 32.2. The Labute approximate surface area is 136 Å².